The van der Waals surface area contributed by atoms with Crippen molar-refractivity contribution < 1.29 is 14.3 Å². The monoisotopic (exact) mass is 158 g/mol. The molecule has 3 nitrogen and oxygen atoms in total. The number of esters is 1. The van der Waals surface area contributed by atoms with Gasteiger partial charge in [-0.2, -0.15) is 0 Å². The molecule has 0 aliphatic carbocycles. The minimum atomic E-state index is -0.317. The van der Waals surface area contributed by atoms with Gasteiger partial charge in [-0.05, 0) is 13.8 Å². The minimum Gasteiger partial charge on any atom is -0.435 e. The summed E-state index contributed by atoms with van der Waals surface area (Å²) in [6.45, 7) is 5.82. The molecule has 1 rings (SSSR count). The Morgan fingerprint density at radius 3 is 2.64 bits per heavy atom. The van der Waals surface area contributed by atoms with Crippen molar-refractivity contribution in [3.8, 4) is 0 Å². The average molecular weight is 158 g/mol. The summed E-state index contributed by atoms with van der Waals surface area (Å²) >= 11 is 0. The number of carbonyl (C=O) groups excluding carboxylic acids is 1. The quantitative estimate of drug-likeness (QED) is 0.568. The van der Waals surface area contributed by atoms with Gasteiger partial charge >= 0.3 is 5.97 Å². The first-order valence-corrected chi connectivity index (χ1v) is 3.94. The largest absolute Gasteiger partial charge is 0.435 e. The zero-order chi connectivity index (χ0) is 8.43. The molecule has 0 unspecified atom stereocenters. The van der Waals surface area contributed by atoms with E-state index in [2.05, 4.69) is 0 Å². The molecule has 1 heterocycles. The number of hydrogen-bond donors (Lipinski definition) is 0. The maximum atomic E-state index is 10.7. The Morgan fingerprint density at radius 1 is 1.64 bits per heavy atom. The molecule has 1 fully saturated rings. The molecule has 64 valence electrons. The zero-order valence-corrected chi connectivity index (χ0v) is 7.16. The van der Waals surface area contributed by atoms with E-state index in [1.54, 1.807) is 0 Å². The van der Waals surface area contributed by atoms with E-state index in [0.717, 1.165) is 0 Å². The summed E-state index contributed by atoms with van der Waals surface area (Å²) in [4.78, 5) is 10.7. The van der Waals surface area contributed by atoms with Crippen LogP contribution in [0.1, 0.15) is 27.2 Å². The molecule has 3 heteroatoms. The van der Waals surface area contributed by atoms with Crippen LogP contribution in [0.5, 0.6) is 0 Å². The van der Waals surface area contributed by atoms with Gasteiger partial charge in [0.25, 0.3) is 0 Å². The van der Waals surface area contributed by atoms with Crippen molar-refractivity contribution in [2.45, 2.75) is 39.6 Å². The second-order valence-electron chi connectivity index (χ2n) is 3.22. The van der Waals surface area contributed by atoms with E-state index in [4.69, 9.17) is 9.47 Å². The maximum Gasteiger partial charge on any atom is 0.308 e. The number of rotatable bonds is 2. The van der Waals surface area contributed by atoms with E-state index in [1.807, 2.05) is 20.8 Å². The average Bonchev–Trinajstić information content (AvgIpc) is 2.09. The molecule has 0 aromatic heterocycles. The van der Waals surface area contributed by atoms with Crippen molar-refractivity contribution in [3.63, 3.8) is 0 Å². The highest BCUT2D eigenvalue weighted by Crippen LogP contribution is 2.23. The fraction of sp³-hybridized carbons (Fsp3) is 0.875. The van der Waals surface area contributed by atoms with Crippen molar-refractivity contribution in [1.82, 2.24) is 0 Å². The van der Waals surface area contributed by atoms with Gasteiger partial charge in [0.05, 0.1) is 12.5 Å². The summed E-state index contributed by atoms with van der Waals surface area (Å²) in [7, 11) is 0. The first-order chi connectivity index (χ1) is 5.09. The standard InChI is InChI=1S/C8H14O3/c1-5(2)10-8-6(3)4-7(9)11-8/h5-6,8H,4H2,1-3H3/t6-,8-/m0/s1. The van der Waals surface area contributed by atoms with Gasteiger partial charge in [-0.1, -0.05) is 6.92 Å². The molecular weight excluding hydrogens is 144 g/mol. The van der Waals surface area contributed by atoms with Crippen molar-refractivity contribution in [2.75, 3.05) is 0 Å². The van der Waals surface area contributed by atoms with Crippen LogP contribution in [0, 0.1) is 5.92 Å². The van der Waals surface area contributed by atoms with E-state index in [-0.39, 0.29) is 24.3 Å². The fourth-order valence-corrected chi connectivity index (χ4v) is 1.08. The fourth-order valence-electron chi connectivity index (χ4n) is 1.08. The summed E-state index contributed by atoms with van der Waals surface area (Å²) in [5.74, 6) is 0.0491. The summed E-state index contributed by atoms with van der Waals surface area (Å²) < 4.78 is 10.3. The molecule has 1 aliphatic heterocycles. The van der Waals surface area contributed by atoms with Gasteiger partial charge in [-0.3, -0.25) is 4.79 Å². The summed E-state index contributed by atoms with van der Waals surface area (Å²) in [6, 6.07) is 0. The van der Waals surface area contributed by atoms with E-state index in [0.29, 0.717) is 6.42 Å². The van der Waals surface area contributed by atoms with E-state index >= 15 is 0 Å². The Kier molecular flexibility index (Phi) is 2.49. The van der Waals surface area contributed by atoms with Gasteiger partial charge in [-0.15, -0.1) is 0 Å². The van der Waals surface area contributed by atoms with Crippen LogP contribution in [-0.2, 0) is 14.3 Å². The van der Waals surface area contributed by atoms with Crippen LogP contribution < -0.4 is 0 Å². The number of cyclic esters (lactones) is 1. The van der Waals surface area contributed by atoms with Crippen LogP contribution >= 0.6 is 0 Å². The Hall–Kier alpha value is -0.570. The highest BCUT2D eigenvalue weighted by Gasteiger charge is 2.32. The molecule has 11 heavy (non-hydrogen) atoms. The molecule has 1 aliphatic rings. The SMILES string of the molecule is CC(C)O[C@H]1OC(=O)C[C@@H]1C. The van der Waals surface area contributed by atoms with Gasteiger partial charge in [0.2, 0.25) is 6.29 Å². The van der Waals surface area contributed by atoms with E-state index in [1.165, 1.54) is 0 Å². The number of ether oxygens (including phenoxy) is 2. The van der Waals surface area contributed by atoms with Crippen molar-refractivity contribution in [1.29, 1.82) is 0 Å². The van der Waals surface area contributed by atoms with Crippen molar-refractivity contribution in [2.24, 2.45) is 5.92 Å². The third-order valence-corrected chi connectivity index (χ3v) is 1.61. The first-order valence-electron chi connectivity index (χ1n) is 3.94. The molecule has 0 aromatic carbocycles. The van der Waals surface area contributed by atoms with Gasteiger partial charge in [0.1, 0.15) is 0 Å². The van der Waals surface area contributed by atoms with Crippen molar-refractivity contribution >= 4 is 5.97 Å². The lowest BCUT2D eigenvalue weighted by Gasteiger charge is -2.16. The lowest BCUT2D eigenvalue weighted by Crippen LogP contribution is -2.21. The molecular formula is C8H14O3. The molecule has 0 spiro atoms. The molecule has 0 saturated carbocycles. The van der Waals surface area contributed by atoms with Crippen LogP contribution in [0.3, 0.4) is 0 Å². The molecule has 0 amide bonds. The summed E-state index contributed by atoms with van der Waals surface area (Å²) in [5, 5.41) is 0. The second kappa shape index (κ2) is 3.22. The highest BCUT2D eigenvalue weighted by molar-refractivity contribution is 5.71. The van der Waals surface area contributed by atoms with Gasteiger partial charge in [-0.25, -0.2) is 0 Å². The normalized spacial score (nSPS) is 31.1. The topological polar surface area (TPSA) is 35.5 Å². The lowest BCUT2D eigenvalue weighted by molar-refractivity contribution is -0.174. The molecule has 0 bridgehead atoms. The number of carbonyl (C=O) groups is 1. The highest BCUT2D eigenvalue weighted by atomic mass is 16.7. The van der Waals surface area contributed by atoms with Crippen LogP contribution in [0.4, 0.5) is 0 Å². The lowest BCUT2D eigenvalue weighted by atomic mass is 10.1. The molecule has 1 saturated heterocycles. The third kappa shape index (κ3) is 2.19. The summed E-state index contributed by atoms with van der Waals surface area (Å²) in [6.07, 6.45) is 0.285. The Bertz CT molecular complexity index is 153. The molecule has 2 atom stereocenters. The van der Waals surface area contributed by atoms with Gasteiger partial charge in [0.15, 0.2) is 0 Å². The number of hydrogen-bond acceptors (Lipinski definition) is 3. The summed E-state index contributed by atoms with van der Waals surface area (Å²) in [5.41, 5.74) is 0. The smallest absolute Gasteiger partial charge is 0.308 e. The van der Waals surface area contributed by atoms with Crippen LogP contribution in [-0.4, -0.2) is 18.4 Å². The van der Waals surface area contributed by atoms with Gasteiger partial charge in [0, 0.05) is 5.92 Å². The first kappa shape index (κ1) is 8.53. The minimum absolute atomic E-state index is 0.119. The van der Waals surface area contributed by atoms with Gasteiger partial charge < -0.3 is 9.47 Å². The van der Waals surface area contributed by atoms with Crippen LogP contribution in [0.15, 0.2) is 0 Å². The second-order valence-corrected chi connectivity index (χ2v) is 3.22. The predicted octanol–water partition coefficient (Wildman–Crippen LogP) is 1.32. The van der Waals surface area contributed by atoms with Crippen LogP contribution in [0.25, 0.3) is 0 Å². The molecule has 0 N–H and O–H groups in total. The predicted molar refractivity (Wildman–Crippen MR) is 39.9 cm³/mol. The maximum absolute atomic E-state index is 10.7. The Balaban J connectivity index is 2.40. The Labute approximate surface area is 66.7 Å². The zero-order valence-electron chi connectivity index (χ0n) is 7.16. The molecule has 0 aromatic rings. The van der Waals surface area contributed by atoms with E-state index in [9.17, 15) is 4.79 Å². The van der Waals surface area contributed by atoms with Crippen molar-refractivity contribution in [3.05, 3.63) is 0 Å². The Morgan fingerprint density at radius 2 is 2.27 bits per heavy atom. The third-order valence-electron chi connectivity index (χ3n) is 1.61. The van der Waals surface area contributed by atoms with Crippen LogP contribution in [0.2, 0.25) is 0 Å². The van der Waals surface area contributed by atoms with E-state index < -0.39 is 0 Å². The molecule has 0 radical (unpaired) electrons.